The van der Waals surface area contributed by atoms with Gasteiger partial charge in [-0.05, 0) is 55.9 Å². The summed E-state index contributed by atoms with van der Waals surface area (Å²) in [5.41, 5.74) is 0.477. The molecule has 2 rings (SSSR count). The van der Waals surface area contributed by atoms with Gasteiger partial charge in [0.1, 0.15) is 0 Å². The Morgan fingerprint density at radius 2 is 1.75 bits per heavy atom. The van der Waals surface area contributed by atoms with Crippen molar-refractivity contribution in [3.05, 3.63) is 0 Å². The first-order chi connectivity index (χ1) is 9.32. The van der Waals surface area contributed by atoms with E-state index in [0.29, 0.717) is 28.9 Å². The van der Waals surface area contributed by atoms with E-state index in [2.05, 4.69) is 26.1 Å². The molecular formula is C16H31NO2S. The van der Waals surface area contributed by atoms with Crippen molar-refractivity contribution < 1.29 is 8.42 Å². The van der Waals surface area contributed by atoms with Crippen LogP contribution in [-0.2, 0) is 9.84 Å². The Hall–Kier alpha value is -0.0900. The Morgan fingerprint density at radius 3 is 2.25 bits per heavy atom. The van der Waals surface area contributed by atoms with Crippen LogP contribution in [0, 0.1) is 17.3 Å². The first-order valence-electron chi connectivity index (χ1n) is 8.26. The second-order valence-electron chi connectivity index (χ2n) is 7.57. The molecule has 118 valence electrons. The largest absolute Gasteiger partial charge is 0.314 e. The van der Waals surface area contributed by atoms with Crippen LogP contribution in [0.4, 0.5) is 0 Å². The lowest BCUT2D eigenvalue weighted by molar-refractivity contribution is 0.136. The molecule has 0 amide bonds. The maximum absolute atomic E-state index is 11.5. The van der Waals surface area contributed by atoms with E-state index in [-0.39, 0.29) is 0 Å². The van der Waals surface area contributed by atoms with Gasteiger partial charge in [-0.2, -0.15) is 0 Å². The van der Waals surface area contributed by atoms with E-state index in [1.807, 2.05) is 0 Å². The van der Waals surface area contributed by atoms with E-state index in [0.717, 1.165) is 18.9 Å². The van der Waals surface area contributed by atoms with E-state index >= 15 is 0 Å². The topological polar surface area (TPSA) is 46.2 Å². The highest BCUT2D eigenvalue weighted by Crippen LogP contribution is 2.40. The quantitative estimate of drug-likeness (QED) is 0.849. The van der Waals surface area contributed by atoms with Gasteiger partial charge in [0.25, 0.3) is 0 Å². The molecule has 2 fully saturated rings. The second-order valence-corrected chi connectivity index (χ2v) is 9.80. The van der Waals surface area contributed by atoms with Gasteiger partial charge in [0.05, 0.1) is 11.5 Å². The van der Waals surface area contributed by atoms with Crippen LogP contribution < -0.4 is 5.32 Å². The normalized spacial score (nSPS) is 34.2. The van der Waals surface area contributed by atoms with Crippen molar-refractivity contribution in [2.45, 2.75) is 65.3 Å². The average Bonchev–Trinajstić information content (AvgIpc) is 2.76. The van der Waals surface area contributed by atoms with Gasteiger partial charge < -0.3 is 5.32 Å². The number of hydrogen-bond donors (Lipinski definition) is 1. The molecule has 3 nitrogen and oxygen atoms in total. The van der Waals surface area contributed by atoms with Crippen molar-refractivity contribution in [3.63, 3.8) is 0 Å². The molecule has 0 radical (unpaired) electrons. The van der Waals surface area contributed by atoms with Gasteiger partial charge in [-0.3, -0.25) is 0 Å². The predicted octanol–water partition coefficient (Wildman–Crippen LogP) is 3.01. The van der Waals surface area contributed by atoms with Crippen LogP contribution in [0.25, 0.3) is 0 Å². The summed E-state index contributed by atoms with van der Waals surface area (Å²) in [6.45, 7) is 7.99. The molecule has 4 heteroatoms. The Labute approximate surface area is 124 Å². The molecule has 1 heterocycles. The van der Waals surface area contributed by atoms with Crippen molar-refractivity contribution in [1.82, 2.24) is 5.32 Å². The lowest BCUT2D eigenvalue weighted by Crippen LogP contribution is -2.39. The lowest BCUT2D eigenvalue weighted by Gasteiger charge is -2.39. The third-order valence-corrected chi connectivity index (χ3v) is 7.60. The summed E-state index contributed by atoms with van der Waals surface area (Å²) in [6.07, 6.45) is 7.27. The second kappa shape index (κ2) is 6.35. The molecule has 0 bridgehead atoms. The standard InChI is InChI=1S/C16H31NO2S/c1-4-16(2,3)14-5-7-15(8-6-14)17-11-13-9-10-20(18,19)12-13/h13-15,17H,4-12H2,1-3H3. The SMILES string of the molecule is CCC(C)(C)C1CCC(NCC2CCS(=O)(=O)C2)CC1. The number of hydrogen-bond acceptors (Lipinski definition) is 3. The molecule has 1 saturated carbocycles. The van der Waals surface area contributed by atoms with Crippen LogP contribution in [-0.4, -0.2) is 32.5 Å². The molecular weight excluding hydrogens is 270 g/mol. The van der Waals surface area contributed by atoms with Crippen LogP contribution >= 0.6 is 0 Å². The molecule has 0 spiro atoms. The van der Waals surface area contributed by atoms with Gasteiger partial charge in [-0.15, -0.1) is 0 Å². The summed E-state index contributed by atoms with van der Waals surface area (Å²) in [7, 11) is -2.72. The highest BCUT2D eigenvalue weighted by atomic mass is 32.2. The number of nitrogens with one attached hydrogen (secondary N) is 1. The summed E-state index contributed by atoms with van der Waals surface area (Å²) in [5.74, 6) is 2.01. The van der Waals surface area contributed by atoms with Crippen molar-refractivity contribution in [2.75, 3.05) is 18.1 Å². The smallest absolute Gasteiger partial charge is 0.150 e. The van der Waals surface area contributed by atoms with Gasteiger partial charge in [-0.25, -0.2) is 8.42 Å². The van der Waals surface area contributed by atoms with E-state index in [1.54, 1.807) is 0 Å². The predicted molar refractivity (Wildman–Crippen MR) is 84.6 cm³/mol. The Bertz CT molecular complexity index is 408. The average molecular weight is 301 g/mol. The third kappa shape index (κ3) is 4.20. The van der Waals surface area contributed by atoms with Crippen LogP contribution in [0.1, 0.15) is 59.3 Å². The molecule has 0 aromatic rings. The Morgan fingerprint density at radius 1 is 1.10 bits per heavy atom. The molecule has 2 aliphatic rings. The maximum atomic E-state index is 11.5. The van der Waals surface area contributed by atoms with Gasteiger partial charge >= 0.3 is 0 Å². The van der Waals surface area contributed by atoms with Crippen LogP contribution in [0.15, 0.2) is 0 Å². The molecule has 1 atom stereocenters. The first kappa shape index (κ1) is 16.3. The van der Waals surface area contributed by atoms with Gasteiger partial charge in [0.15, 0.2) is 9.84 Å². The minimum absolute atomic E-state index is 0.352. The van der Waals surface area contributed by atoms with E-state index in [9.17, 15) is 8.42 Å². The fraction of sp³-hybridized carbons (Fsp3) is 1.00. The summed E-state index contributed by atoms with van der Waals surface area (Å²) < 4.78 is 22.9. The van der Waals surface area contributed by atoms with Gasteiger partial charge in [0, 0.05) is 6.04 Å². The molecule has 1 aliphatic heterocycles. The van der Waals surface area contributed by atoms with Gasteiger partial charge in [0.2, 0.25) is 0 Å². The molecule has 1 N–H and O–H groups in total. The summed E-state index contributed by atoms with van der Waals surface area (Å²) >= 11 is 0. The van der Waals surface area contributed by atoms with E-state index < -0.39 is 9.84 Å². The van der Waals surface area contributed by atoms with Crippen LogP contribution in [0.5, 0.6) is 0 Å². The molecule has 1 aliphatic carbocycles. The molecule has 1 unspecified atom stereocenters. The van der Waals surface area contributed by atoms with Gasteiger partial charge in [-0.1, -0.05) is 27.2 Å². The zero-order valence-corrected chi connectivity index (χ0v) is 14.1. The van der Waals surface area contributed by atoms with Crippen LogP contribution in [0.3, 0.4) is 0 Å². The maximum Gasteiger partial charge on any atom is 0.150 e. The Balaban J connectivity index is 1.70. The highest BCUT2D eigenvalue weighted by Gasteiger charge is 2.32. The van der Waals surface area contributed by atoms with E-state index in [1.165, 1.54) is 32.1 Å². The van der Waals surface area contributed by atoms with Crippen molar-refractivity contribution in [2.24, 2.45) is 17.3 Å². The zero-order valence-electron chi connectivity index (χ0n) is 13.3. The minimum atomic E-state index is -2.72. The van der Waals surface area contributed by atoms with E-state index in [4.69, 9.17) is 0 Å². The monoisotopic (exact) mass is 301 g/mol. The van der Waals surface area contributed by atoms with Crippen molar-refractivity contribution >= 4 is 9.84 Å². The number of sulfone groups is 1. The summed E-state index contributed by atoms with van der Waals surface area (Å²) in [6, 6.07) is 0.613. The number of rotatable bonds is 5. The third-order valence-electron chi connectivity index (χ3n) is 5.77. The highest BCUT2D eigenvalue weighted by molar-refractivity contribution is 7.91. The zero-order chi connectivity index (χ0) is 14.8. The minimum Gasteiger partial charge on any atom is -0.314 e. The summed E-state index contributed by atoms with van der Waals surface area (Å²) in [5, 5.41) is 3.63. The fourth-order valence-corrected chi connectivity index (χ4v) is 5.60. The molecule has 20 heavy (non-hydrogen) atoms. The molecule has 1 saturated heterocycles. The summed E-state index contributed by atoms with van der Waals surface area (Å²) in [4.78, 5) is 0. The lowest BCUT2D eigenvalue weighted by atomic mass is 9.69. The van der Waals surface area contributed by atoms with Crippen molar-refractivity contribution in [3.8, 4) is 0 Å². The van der Waals surface area contributed by atoms with Crippen molar-refractivity contribution in [1.29, 1.82) is 0 Å². The fourth-order valence-electron chi connectivity index (χ4n) is 3.73. The molecule has 0 aromatic carbocycles. The first-order valence-corrected chi connectivity index (χ1v) is 10.1. The molecule has 0 aromatic heterocycles. The Kier molecular flexibility index (Phi) is 5.17. The van der Waals surface area contributed by atoms with Crippen LogP contribution in [0.2, 0.25) is 0 Å².